The van der Waals surface area contributed by atoms with Gasteiger partial charge in [0.1, 0.15) is 5.75 Å². The fourth-order valence-electron chi connectivity index (χ4n) is 1.88. The van der Waals surface area contributed by atoms with Gasteiger partial charge in [0.15, 0.2) is 0 Å². The first-order chi connectivity index (χ1) is 8.17. The highest BCUT2D eigenvalue weighted by molar-refractivity contribution is 6.15. The summed E-state index contributed by atoms with van der Waals surface area (Å²) < 4.78 is 5.08. The van der Waals surface area contributed by atoms with Crippen LogP contribution in [0, 0.1) is 5.92 Å². The largest absolute Gasteiger partial charge is 0.497 e. The van der Waals surface area contributed by atoms with Gasteiger partial charge in [-0.2, -0.15) is 5.10 Å². The first kappa shape index (κ1) is 11.6. The molecule has 0 spiro atoms. The van der Waals surface area contributed by atoms with Crippen molar-refractivity contribution in [3.05, 3.63) is 24.3 Å². The van der Waals surface area contributed by atoms with Crippen molar-refractivity contribution >= 4 is 17.3 Å². The third kappa shape index (κ3) is 2.02. The Morgan fingerprint density at radius 3 is 2.47 bits per heavy atom. The van der Waals surface area contributed by atoms with Gasteiger partial charge >= 0.3 is 0 Å². The van der Waals surface area contributed by atoms with Crippen molar-refractivity contribution in [1.29, 1.82) is 0 Å². The molecule has 2 rings (SSSR count). The molecule has 0 radical (unpaired) electrons. The summed E-state index contributed by atoms with van der Waals surface area (Å²) >= 11 is 0. The standard InChI is InChI=1S/C13H16N2O2/c1-4-12-9(2)13(16)15(14-12)10-5-7-11(17-3)8-6-10/h5-9H,4H2,1-3H3. The van der Waals surface area contributed by atoms with Crippen molar-refractivity contribution in [1.82, 2.24) is 0 Å². The molecule has 1 amide bonds. The monoisotopic (exact) mass is 232 g/mol. The zero-order chi connectivity index (χ0) is 12.4. The average Bonchev–Trinajstić information content (AvgIpc) is 2.66. The van der Waals surface area contributed by atoms with E-state index in [2.05, 4.69) is 5.10 Å². The van der Waals surface area contributed by atoms with Gasteiger partial charge in [-0.25, -0.2) is 5.01 Å². The molecule has 0 bridgehead atoms. The predicted octanol–water partition coefficient (Wildman–Crippen LogP) is 2.44. The van der Waals surface area contributed by atoms with Crippen LogP contribution in [0.5, 0.6) is 5.75 Å². The number of ether oxygens (including phenoxy) is 1. The van der Waals surface area contributed by atoms with Crippen LogP contribution in [0.2, 0.25) is 0 Å². The van der Waals surface area contributed by atoms with Crippen LogP contribution in [-0.2, 0) is 4.79 Å². The lowest BCUT2D eigenvalue weighted by atomic mass is 10.0. The highest BCUT2D eigenvalue weighted by Gasteiger charge is 2.31. The number of hydrazone groups is 1. The lowest BCUT2D eigenvalue weighted by Crippen LogP contribution is -2.25. The Bertz CT molecular complexity index is 451. The molecular weight excluding hydrogens is 216 g/mol. The van der Waals surface area contributed by atoms with Crippen LogP contribution in [0.25, 0.3) is 0 Å². The van der Waals surface area contributed by atoms with Gasteiger partial charge in [-0.15, -0.1) is 0 Å². The Hall–Kier alpha value is -1.84. The van der Waals surface area contributed by atoms with E-state index in [1.807, 2.05) is 38.1 Å². The number of methoxy groups -OCH3 is 1. The van der Waals surface area contributed by atoms with E-state index >= 15 is 0 Å². The van der Waals surface area contributed by atoms with E-state index in [1.165, 1.54) is 5.01 Å². The second-order valence-corrected chi connectivity index (χ2v) is 4.01. The normalized spacial score (nSPS) is 19.5. The smallest absolute Gasteiger partial charge is 0.255 e. The molecule has 4 heteroatoms. The minimum absolute atomic E-state index is 0.0343. The lowest BCUT2D eigenvalue weighted by Gasteiger charge is -2.13. The number of hydrogen-bond acceptors (Lipinski definition) is 3. The second kappa shape index (κ2) is 4.57. The van der Waals surface area contributed by atoms with Crippen LogP contribution in [-0.4, -0.2) is 18.7 Å². The zero-order valence-corrected chi connectivity index (χ0v) is 10.3. The fraction of sp³-hybridized carbons (Fsp3) is 0.385. The number of hydrogen-bond donors (Lipinski definition) is 0. The van der Waals surface area contributed by atoms with Gasteiger partial charge in [-0.3, -0.25) is 4.79 Å². The molecule has 0 saturated heterocycles. The molecule has 1 aromatic rings. The summed E-state index contributed by atoms with van der Waals surface area (Å²) in [7, 11) is 1.62. The molecule has 0 N–H and O–H groups in total. The molecule has 1 heterocycles. The van der Waals surface area contributed by atoms with Crippen molar-refractivity contribution in [2.75, 3.05) is 12.1 Å². The Kier molecular flexibility index (Phi) is 3.13. The number of nitrogens with zero attached hydrogens (tertiary/aromatic N) is 2. The maximum Gasteiger partial charge on any atom is 0.255 e. The summed E-state index contributed by atoms with van der Waals surface area (Å²) in [5.41, 5.74) is 1.72. The Labute approximate surface area is 101 Å². The maximum atomic E-state index is 12.0. The molecule has 1 atom stereocenters. The number of carbonyl (C=O) groups is 1. The van der Waals surface area contributed by atoms with Crippen LogP contribution >= 0.6 is 0 Å². The number of carbonyl (C=O) groups excluding carboxylic acids is 1. The van der Waals surface area contributed by atoms with E-state index in [0.717, 1.165) is 23.6 Å². The van der Waals surface area contributed by atoms with Crippen molar-refractivity contribution in [2.45, 2.75) is 20.3 Å². The van der Waals surface area contributed by atoms with E-state index in [4.69, 9.17) is 4.74 Å². The number of anilines is 1. The van der Waals surface area contributed by atoms with E-state index in [1.54, 1.807) is 7.11 Å². The minimum Gasteiger partial charge on any atom is -0.497 e. The van der Waals surface area contributed by atoms with Crippen LogP contribution in [0.1, 0.15) is 20.3 Å². The third-order valence-corrected chi connectivity index (χ3v) is 2.99. The molecule has 0 fully saturated rings. The minimum atomic E-state index is -0.109. The summed E-state index contributed by atoms with van der Waals surface area (Å²) in [5.74, 6) is 0.697. The van der Waals surface area contributed by atoms with Gasteiger partial charge in [0.05, 0.1) is 24.4 Å². The number of rotatable bonds is 3. The van der Waals surface area contributed by atoms with Gasteiger partial charge in [0.2, 0.25) is 0 Å². The summed E-state index contributed by atoms with van der Waals surface area (Å²) in [6, 6.07) is 7.33. The van der Waals surface area contributed by atoms with Gasteiger partial charge < -0.3 is 4.74 Å². The molecule has 0 saturated carbocycles. The van der Waals surface area contributed by atoms with Crippen LogP contribution in [0.3, 0.4) is 0 Å². The molecule has 1 aliphatic heterocycles. The molecule has 90 valence electrons. The molecule has 1 unspecified atom stereocenters. The fourth-order valence-corrected chi connectivity index (χ4v) is 1.88. The van der Waals surface area contributed by atoms with Gasteiger partial charge in [0, 0.05) is 0 Å². The van der Waals surface area contributed by atoms with E-state index in [-0.39, 0.29) is 11.8 Å². The topological polar surface area (TPSA) is 41.9 Å². The summed E-state index contributed by atoms with van der Waals surface area (Å²) in [6.07, 6.45) is 0.805. The molecule has 0 aliphatic carbocycles. The predicted molar refractivity (Wildman–Crippen MR) is 67.4 cm³/mol. The molecule has 1 aliphatic rings. The summed E-state index contributed by atoms with van der Waals surface area (Å²) in [6.45, 7) is 3.91. The Morgan fingerprint density at radius 1 is 1.35 bits per heavy atom. The van der Waals surface area contributed by atoms with Crippen molar-refractivity contribution in [3.8, 4) is 5.75 Å². The Balaban J connectivity index is 2.28. The molecule has 0 aromatic heterocycles. The van der Waals surface area contributed by atoms with Gasteiger partial charge in [-0.05, 0) is 37.6 Å². The molecular formula is C13H16N2O2. The summed E-state index contributed by atoms with van der Waals surface area (Å²) in [4.78, 5) is 12.0. The van der Waals surface area contributed by atoms with Gasteiger partial charge in [0.25, 0.3) is 5.91 Å². The van der Waals surface area contributed by atoms with Crippen molar-refractivity contribution in [2.24, 2.45) is 11.0 Å². The lowest BCUT2D eigenvalue weighted by molar-refractivity contribution is -0.119. The number of amides is 1. The molecule has 1 aromatic carbocycles. The molecule has 4 nitrogen and oxygen atoms in total. The van der Waals surface area contributed by atoms with Crippen LogP contribution in [0.4, 0.5) is 5.69 Å². The van der Waals surface area contributed by atoms with E-state index < -0.39 is 0 Å². The first-order valence-electron chi connectivity index (χ1n) is 5.72. The SMILES string of the molecule is CCC1=NN(c2ccc(OC)cc2)C(=O)C1C. The quantitative estimate of drug-likeness (QED) is 0.803. The first-order valence-corrected chi connectivity index (χ1v) is 5.72. The van der Waals surface area contributed by atoms with Gasteiger partial charge in [-0.1, -0.05) is 6.92 Å². The molecule has 17 heavy (non-hydrogen) atoms. The second-order valence-electron chi connectivity index (χ2n) is 4.01. The van der Waals surface area contributed by atoms with Crippen LogP contribution < -0.4 is 9.75 Å². The maximum absolute atomic E-state index is 12.0. The zero-order valence-electron chi connectivity index (χ0n) is 10.3. The number of benzene rings is 1. The van der Waals surface area contributed by atoms with E-state index in [9.17, 15) is 4.79 Å². The van der Waals surface area contributed by atoms with Crippen LogP contribution in [0.15, 0.2) is 29.4 Å². The third-order valence-electron chi connectivity index (χ3n) is 2.99. The van der Waals surface area contributed by atoms with E-state index in [0.29, 0.717) is 0 Å². The average molecular weight is 232 g/mol. The highest BCUT2D eigenvalue weighted by Crippen LogP contribution is 2.26. The van der Waals surface area contributed by atoms with Crippen molar-refractivity contribution < 1.29 is 9.53 Å². The highest BCUT2D eigenvalue weighted by atomic mass is 16.5. The summed E-state index contributed by atoms with van der Waals surface area (Å²) in [5, 5.41) is 5.83. The Morgan fingerprint density at radius 2 is 2.00 bits per heavy atom. The van der Waals surface area contributed by atoms with Crippen molar-refractivity contribution in [3.63, 3.8) is 0 Å².